The molecule has 0 aliphatic heterocycles. The monoisotopic (exact) mass is 365 g/mol. The van der Waals surface area contributed by atoms with Crippen molar-refractivity contribution in [3.8, 4) is 0 Å². The molecule has 5 heteroatoms. The third kappa shape index (κ3) is 5.07. The van der Waals surface area contributed by atoms with Gasteiger partial charge in [-0.2, -0.15) is 0 Å². The highest BCUT2D eigenvalue weighted by Crippen LogP contribution is 2.16. The Morgan fingerprint density at radius 1 is 0.962 bits per heavy atom. The number of halogens is 1. The second kappa shape index (κ2) is 9.02. The van der Waals surface area contributed by atoms with Gasteiger partial charge < -0.3 is 10.6 Å². The zero-order valence-corrected chi connectivity index (χ0v) is 15.0. The molecule has 1 heterocycles. The molecule has 0 radical (unpaired) electrons. The van der Waals surface area contributed by atoms with Crippen LogP contribution in [0.15, 0.2) is 72.9 Å². The van der Waals surface area contributed by atoms with E-state index in [9.17, 15) is 4.79 Å². The Balaban J connectivity index is 1.49. The van der Waals surface area contributed by atoms with E-state index in [1.165, 1.54) is 5.56 Å². The number of hydrogen-bond donors (Lipinski definition) is 2. The fourth-order valence-electron chi connectivity index (χ4n) is 2.53. The number of nitrogens with one attached hydrogen (secondary N) is 2. The fraction of sp³-hybridized carbons (Fsp3) is 0.143. The molecule has 0 atom stereocenters. The van der Waals surface area contributed by atoms with Gasteiger partial charge in [-0.25, -0.2) is 4.98 Å². The maximum Gasteiger partial charge on any atom is 0.252 e. The third-order valence-corrected chi connectivity index (χ3v) is 4.35. The maximum absolute atomic E-state index is 12.2. The second-order valence-electron chi connectivity index (χ2n) is 5.87. The molecule has 0 fully saturated rings. The minimum Gasteiger partial charge on any atom is -0.366 e. The third-order valence-electron chi connectivity index (χ3n) is 3.99. The lowest BCUT2D eigenvalue weighted by Gasteiger charge is -2.08. The van der Waals surface area contributed by atoms with Crippen LogP contribution in [-0.2, 0) is 13.0 Å². The van der Waals surface area contributed by atoms with Crippen LogP contribution in [0.3, 0.4) is 0 Å². The number of anilines is 1. The van der Waals surface area contributed by atoms with Crippen LogP contribution in [0.5, 0.6) is 0 Å². The predicted octanol–water partition coefficient (Wildman–Crippen LogP) is 4.32. The van der Waals surface area contributed by atoms with Crippen LogP contribution in [0.2, 0.25) is 5.02 Å². The van der Waals surface area contributed by atoms with Crippen molar-refractivity contribution in [2.45, 2.75) is 13.0 Å². The second-order valence-corrected chi connectivity index (χ2v) is 6.28. The van der Waals surface area contributed by atoms with Gasteiger partial charge in [-0.1, -0.05) is 60.1 Å². The largest absolute Gasteiger partial charge is 0.366 e. The molecule has 132 valence electrons. The molecule has 1 amide bonds. The average molecular weight is 366 g/mol. The number of hydrogen-bond acceptors (Lipinski definition) is 3. The maximum atomic E-state index is 12.2. The molecule has 0 spiro atoms. The molecule has 3 aromatic rings. The first-order valence-corrected chi connectivity index (χ1v) is 8.85. The van der Waals surface area contributed by atoms with Gasteiger partial charge in [0, 0.05) is 24.3 Å². The van der Waals surface area contributed by atoms with Crippen LogP contribution in [0.1, 0.15) is 21.5 Å². The summed E-state index contributed by atoms with van der Waals surface area (Å²) in [5.74, 6) is 0.580. The van der Waals surface area contributed by atoms with E-state index in [4.69, 9.17) is 11.6 Å². The molecule has 1 aromatic heterocycles. The van der Waals surface area contributed by atoms with Crippen LogP contribution >= 0.6 is 11.6 Å². The number of nitrogens with zero attached hydrogens (tertiary/aromatic N) is 1. The summed E-state index contributed by atoms with van der Waals surface area (Å²) in [5, 5.41) is 6.84. The first-order chi connectivity index (χ1) is 12.7. The summed E-state index contributed by atoms with van der Waals surface area (Å²) in [5.41, 5.74) is 2.74. The molecule has 3 rings (SSSR count). The Kier molecular flexibility index (Phi) is 6.23. The lowest BCUT2D eigenvalue weighted by Crippen LogP contribution is -2.25. The molecular formula is C21H20ClN3O. The lowest BCUT2D eigenvalue weighted by atomic mass is 10.1. The number of carbonyl (C=O) groups excluding carboxylic acids is 1. The molecule has 0 saturated heterocycles. The van der Waals surface area contributed by atoms with Gasteiger partial charge in [0.05, 0.1) is 5.56 Å². The van der Waals surface area contributed by atoms with Gasteiger partial charge >= 0.3 is 0 Å². The first kappa shape index (κ1) is 18.0. The average Bonchev–Trinajstić information content (AvgIpc) is 2.68. The molecule has 0 aliphatic carbocycles. The number of amides is 1. The van der Waals surface area contributed by atoms with E-state index in [1.807, 2.05) is 54.6 Å². The molecule has 4 nitrogen and oxygen atoms in total. The molecule has 26 heavy (non-hydrogen) atoms. The number of pyridine rings is 1. The summed E-state index contributed by atoms with van der Waals surface area (Å²) in [4.78, 5) is 16.5. The smallest absolute Gasteiger partial charge is 0.252 e. The topological polar surface area (TPSA) is 54.0 Å². The Hall–Kier alpha value is -2.85. The Bertz CT molecular complexity index is 851. The molecular weight excluding hydrogens is 346 g/mol. The number of rotatable bonds is 7. The van der Waals surface area contributed by atoms with E-state index >= 15 is 0 Å². The van der Waals surface area contributed by atoms with Crippen LogP contribution in [0, 0.1) is 0 Å². The molecule has 0 saturated carbocycles. The van der Waals surface area contributed by atoms with Crippen molar-refractivity contribution < 1.29 is 4.79 Å². The summed E-state index contributed by atoms with van der Waals surface area (Å²) in [7, 11) is 0. The van der Waals surface area contributed by atoms with Gasteiger partial charge in [-0.3, -0.25) is 4.79 Å². The number of carbonyl (C=O) groups is 1. The molecule has 0 bridgehead atoms. The Morgan fingerprint density at radius 3 is 2.46 bits per heavy atom. The minimum atomic E-state index is -0.119. The van der Waals surface area contributed by atoms with Crippen LogP contribution in [0.4, 0.5) is 5.82 Å². The van der Waals surface area contributed by atoms with Gasteiger partial charge in [0.25, 0.3) is 5.91 Å². The van der Waals surface area contributed by atoms with Gasteiger partial charge in [0.2, 0.25) is 0 Å². The van der Waals surface area contributed by atoms with Crippen molar-refractivity contribution >= 4 is 23.3 Å². The Morgan fingerprint density at radius 2 is 1.73 bits per heavy atom. The van der Waals surface area contributed by atoms with E-state index in [0.29, 0.717) is 24.5 Å². The SMILES string of the molecule is O=C(NCCc1ccccc1)c1ccc(NCc2ccccc2Cl)nc1. The zero-order chi connectivity index (χ0) is 18.2. The van der Waals surface area contributed by atoms with E-state index in [1.54, 1.807) is 18.3 Å². The highest BCUT2D eigenvalue weighted by Gasteiger charge is 2.06. The molecule has 2 N–H and O–H groups in total. The summed E-state index contributed by atoms with van der Waals surface area (Å²) in [6.07, 6.45) is 2.38. The van der Waals surface area contributed by atoms with E-state index in [2.05, 4.69) is 15.6 Å². The van der Waals surface area contributed by atoms with E-state index in [0.717, 1.165) is 17.0 Å². The van der Waals surface area contributed by atoms with Crippen molar-refractivity contribution in [2.24, 2.45) is 0 Å². The van der Waals surface area contributed by atoms with Gasteiger partial charge in [-0.05, 0) is 35.7 Å². The number of aromatic nitrogens is 1. The lowest BCUT2D eigenvalue weighted by molar-refractivity contribution is 0.0954. The van der Waals surface area contributed by atoms with Crippen LogP contribution in [0.25, 0.3) is 0 Å². The van der Waals surface area contributed by atoms with Crippen molar-refractivity contribution in [3.05, 3.63) is 94.6 Å². The van der Waals surface area contributed by atoms with Crippen molar-refractivity contribution in [1.82, 2.24) is 10.3 Å². The summed E-state index contributed by atoms with van der Waals surface area (Å²) in [6.45, 7) is 1.17. The van der Waals surface area contributed by atoms with E-state index < -0.39 is 0 Å². The standard InChI is InChI=1S/C21H20ClN3O/c22-19-9-5-4-8-17(19)14-24-20-11-10-18(15-25-20)21(26)23-13-12-16-6-2-1-3-7-16/h1-11,15H,12-14H2,(H,23,26)(H,24,25). The molecule has 0 unspecified atom stereocenters. The van der Waals surface area contributed by atoms with Crippen molar-refractivity contribution in [1.29, 1.82) is 0 Å². The van der Waals surface area contributed by atoms with Crippen LogP contribution in [-0.4, -0.2) is 17.4 Å². The van der Waals surface area contributed by atoms with Gasteiger partial charge in [-0.15, -0.1) is 0 Å². The number of benzene rings is 2. The normalized spacial score (nSPS) is 10.3. The van der Waals surface area contributed by atoms with E-state index in [-0.39, 0.29) is 5.91 Å². The fourth-order valence-corrected chi connectivity index (χ4v) is 2.73. The summed E-state index contributed by atoms with van der Waals surface area (Å²) in [6, 6.07) is 21.3. The quantitative estimate of drug-likeness (QED) is 0.655. The van der Waals surface area contributed by atoms with Gasteiger partial charge in [0.1, 0.15) is 5.82 Å². The van der Waals surface area contributed by atoms with Crippen molar-refractivity contribution in [3.63, 3.8) is 0 Å². The van der Waals surface area contributed by atoms with Crippen molar-refractivity contribution in [2.75, 3.05) is 11.9 Å². The summed E-state index contributed by atoms with van der Waals surface area (Å²) < 4.78 is 0. The zero-order valence-electron chi connectivity index (χ0n) is 14.3. The highest BCUT2D eigenvalue weighted by molar-refractivity contribution is 6.31. The van der Waals surface area contributed by atoms with Crippen LogP contribution < -0.4 is 10.6 Å². The molecule has 0 aliphatic rings. The predicted molar refractivity (Wildman–Crippen MR) is 105 cm³/mol. The molecule has 2 aromatic carbocycles. The highest BCUT2D eigenvalue weighted by atomic mass is 35.5. The first-order valence-electron chi connectivity index (χ1n) is 8.48. The Labute approximate surface area is 158 Å². The minimum absolute atomic E-state index is 0.119. The van der Waals surface area contributed by atoms with Gasteiger partial charge in [0.15, 0.2) is 0 Å². The summed E-state index contributed by atoms with van der Waals surface area (Å²) >= 11 is 6.14.